The Morgan fingerprint density at radius 2 is 1.73 bits per heavy atom. The number of nitrogens with one attached hydrogen (secondary N) is 2. The van der Waals surface area contributed by atoms with E-state index in [0.717, 1.165) is 30.4 Å². The van der Waals surface area contributed by atoms with Crippen LogP contribution in [0.4, 0.5) is 0 Å². The number of nitrogens with zero attached hydrogens (tertiary/aromatic N) is 1. The van der Waals surface area contributed by atoms with Crippen LogP contribution in [0.1, 0.15) is 12.5 Å². The Labute approximate surface area is 132 Å². The van der Waals surface area contributed by atoms with Gasteiger partial charge < -0.3 is 24.8 Å². The smallest absolute Gasteiger partial charge is 0.191 e. The average molecular weight is 309 g/mol. The van der Waals surface area contributed by atoms with Crippen molar-refractivity contribution >= 4 is 5.96 Å². The topological polar surface area (TPSA) is 64.1 Å². The molecule has 0 aliphatic heterocycles. The minimum absolute atomic E-state index is 0.558. The second-order valence-corrected chi connectivity index (χ2v) is 4.60. The minimum atomic E-state index is 0.558. The number of hydrogen-bond donors (Lipinski definition) is 2. The van der Waals surface area contributed by atoms with Gasteiger partial charge in [0.25, 0.3) is 0 Å². The first-order valence-corrected chi connectivity index (χ1v) is 7.52. The van der Waals surface area contributed by atoms with Crippen molar-refractivity contribution in [2.24, 2.45) is 4.99 Å². The molecule has 0 saturated heterocycles. The van der Waals surface area contributed by atoms with E-state index in [0.29, 0.717) is 26.4 Å². The van der Waals surface area contributed by atoms with E-state index in [9.17, 15) is 0 Å². The zero-order valence-electron chi connectivity index (χ0n) is 13.7. The molecule has 0 amide bonds. The van der Waals surface area contributed by atoms with E-state index >= 15 is 0 Å². The summed E-state index contributed by atoms with van der Waals surface area (Å²) in [5.74, 6) is 1.63. The lowest BCUT2D eigenvalue weighted by Crippen LogP contribution is -2.38. The van der Waals surface area contributed by atoms with Crippen LogP contribution in [0.5, 0.6) is 5.75 Å². The molecule has 6 nitrogen and oxygen atoms in total. The van der Waals surface area contributed by atoms with Gasteiger partial charge in [-0.1, -0.05) is 12.1 Å². The Balaban J connectivity index is 2.47. The first-order valence-electron chi connectivity index (χ1n) is 7.52. The predicted molar refractivity (Wildman–Crippen MR) is 88.5 cm³/mol. The number of guanidine groups is 1. The maximum Gasteiger partial charge on any atom is 0.191 e. The van der Waals surface area contributed by atoms with Gasteiger partial charge in [0.2, 0.25) is 0 Å². The van der Waals surface area contributed by atoms with Crippen LogP contribution in [-0.2, 0) is 16.0 Å². The molecule has 1 aromatic rings. The molecule has 0 heterocycles. The molecule has 1 rings (SSSR count). The van der Waals surface area contributed by atoms with Crippen molar-refractivity contribution in [2.75, 3.05) is 47.1 Å². The van der Waals surface area contributed by atoms with E-state index < -0.39 is 0 Å². The molecule has 22 heavy (non-hydrogen) atoms. The third kappa shape index (κ3) is 7.85. The van der Waals surface area contributed by atoms with Gasteiger partial charge in [0.15, 0.2) is 5.96 Å². The van der Waals surface area contributed by atoms with Crippen LogP contribution in [0.3, 0.4) is 0 Å². The molecule has 0 unspecified atom stereocenters. The largest absolute Gasteiger partial charge is 0.491 e. The second kappa shape index (κ2) is 11.8. The first kappa shape index (κ1) is 18.3. The molecule has 0 aliphatic rings. The van der Waals surface area contributed by atoms with Crippen LogP contribution in [0.25, 0.3) is 0 Å². The number of rotatable bonds is 10. The van der Waals surface area contributed by atoms with E-state index in [1.165, 1.54) is 0 Å². The lowest BCUT2D eigenvalue weighted by atomic mass is 10.2. The molecule has 0 radical (unpaired) electrons. The number of ether oxygens (including phenoxy) is 3. The summed E-state index contributed by atoms with van der Waals surface area (Å²) in [4.78, 5) is 4.54. The fourth-order valence-electron chi connectivity index (χ4n) is 1.72. The quantitative estimate of drug-likeness (QED) is 0.389. The summed E-state index contributed by atoms with van der Waals surface area (Å²) in [6.45, 7) is 6.01. The molecule has 6 heteroatoms. The summed E-state index contributed by atoms with van der Waals surface area (Å²) in [6.07, 6.45) is 0. The van der Waals surface area contributed by atoms with Crippen molar-refractivity contribution in [3.8, 4) is 5.75 Å². The highest BCUT2D eigenvalue weighted by molar-refractivity contribution is 5.79. The normalized spacial score (nSPS) is 11.3. The van der Waals surface area contributed by atoms with E-state index in [-0.39, 0.29) is 0 Å². The van der Waals surface area contributed by atoms with Gasteiger partial charge in [-0.05, 0) is 24.6 Å². The highest BCUT2D eigenvalue weighted by atomic mass is 16.5. The summed E-state index contributed by atoms with van der Waals surface area (Å²) in [5, 5.41) is 6.42. The monoisotopic (exact) mass is 309 g/mol. The van der Waals surface area contributed by atoms with Crippen LogP contribution in [-0.4, -0.2) is 53.1 Å². The number of methoxy groups -OCH3 is 2. The van der Waals surface area contributed by atoms with Gasteiger partial charge in [0, 0.05) is 27.3 Å². The third-order valence-electron chi connectivity index (χ3n) is 2.84. The number of hydrogen-bond acceptors (Lipinski definition) is 4. The maximum absolute atomic E-state index is 5.53. The highest BCUT2D eigenvalue weighted by Crippen LogP contribution is 2.12. The van der Waals surface area contributed by atoms with Crippen LogP contribution < -0.4 is 15.4 Å². The van der Waals surface area contributed by atoms with Crippen molar-refractivity contribution in [3.05, 3.63) is 29.8 Å². The van der Waals surface area contributed by atoms with E-state index in [4.69, 9.17) is 14.2 Å². The molecule has 0 atom stereocenters. The van der Waals surface area contributed by atoms with E-state index in [1.807, 2.05) is 31.2 Å². The van der Waals surface area contributed by atoms with Gasteiger partial charge >= 0.3 is 0 Å². The van der Waals surface area contributed by atoms with E-state index in [1.54, 1.807) is 14.2 Å². The third-order valence-corrected chi connectivity index (χ3v) is 2.84. The zero-order valence-corrected chi connectivity index (χ0v) is 13.7. The molecule has 124 valence electrons. The van der Waals surface area contributed by atoms with Gasteiger partial charge in [0.05, 0.1) is 19.8 Å². The molecule has 0 aromatic heterocycles. The van der Waals surface area contributed by atoms with Crippen molar-refractivity contribution in [2.45, 2.75) is 13.5 Å². The highest BCUT2D eigenvalue weighted by Gasteiger charge is 1.98. The number of aliphatic imine (C=N–C) groups is 1. The van der Waals surface area contributed by atoms with Crippen LogP contribution in [0.2, 0.25) is 0 Å². The van der Waals surface area contributed by atoms with Crippen molar-refractivity contribution in [3.63, 3.8) is 0 Å². The Hall–Kier alpha value is -1.79. The van der Waals surface area contributed by atoms with Gasteiger partial charge in [-0.2, -0.15) is 0 Å². The van der Waals surface area contributed by atoms with Crippen molar-refractivity contribution in [1.29, 1.82) is 0 Å². The van der Waals surface area contributed by atoms with Crippen LogP contribution in [0, 0.1) is 0 Å². The maximum atomic E-state index is 5.53. The summed E-state index contributed by atoms with van der Waals surface area (Å²) in [6, 6.07) is 7.94. The Bertz CT molecular complexity index is 421. The summed E-state index contributed by atoms with van der Waals surface area (Å²) >= 11 is 0. The van der Waals surface area contributed by atoms with E-state index in [2.05, 4.69) is 15.6 Å². The lowest BCUT2D eigenvalue weighted by molar-refractivity contribution is 0.146. The second-order valence-electron chi connectivity index (χ2n) is 4.60. The van der Waals surface area contributed by atoms with Crippen molar-refractivity contribution < 1.29 is 14.2 Å². The number of benzene rings is 1. The minimum Gasteiger partial charge on any atom is -0.491 e. The van der Waals surface area contributed by atoms with Gasteiger partial charge in [-0.15, -0.1) is 0 Å². The molecule has 0 saturated carbocycles. The predicted octanol–water partition coefficient (Wildman–Crippen LogP) is 1.41. The van der Waals surface area contributed by atoms with Crippen molar-refractivity contribution in [1.82, 2.24) is 10.6 Å². The summed E-state index contributed by atoms with van der Waals surface area (Å²) < 4.78 is 15.5. The molecule has 0 bridgehead atoms. The Morgan fingerprint density at radius 1 is 1.00 bits per heavy atom. The molecule has 1 aromatic carbocycles. The lowest BCUT2D eigenvalue weighted by Gasteiger charge is -2.11. The standard InChI is InChI=1S/C16H27N3O3/c1-4-17-16(18-9-10-20-2)19-13-14-5-7-15(8-6-14)22-12-11-21-3/h5-8H,4,9-13H2,1-3H3,(H2,17,18,19). The SMILES string of the molecule is CCNC(=NCc1ccc(OCCOC)cc1)NCCOC. The molecular formula is C16H27N3O3. The van der Waals surface area contributed by atoms with Crippen LogP contribution in [0.15, 0.2) is 29.3 Å². The van der Waals surface area contributed by atoms with Gasteiger partial charge in [0.1, 0.15) is 12.4 Å². The van der Waals surface area contributed by atoms with Crippen LogP contribution >= 0.6 is 0 Å². The fraction of sp³-hybridized carbons (Fsp3) is 0.562. The molecule has 2 N–H and O–H groups in total. The zero-order chi connectivity index (χ0) is 16.0. The Morgan fingerprint density at radius 3 is 2.36 bits per heavy atom. The summed E-state index contributed by atoms with van der Waals surface area (Å²) in [5.41, 5.74) is 1.13. The van der Waals surface area contributed by atoms with Gasteiger partial charge in [-0.3, -0.25) is 0 Å². The molecular weight excluding hydrogens is 282 g/mol. The summed E-state index contributed by atoms with van der Waals surface area (Å²) in [7, 11) is 3.34. The molecule has 0 aliphatic carbocycles. The first-order chi connectivity index (χ1) is 10.8. The Kier molecular flexibility index (Phi) is 9.81. The molecule has 0 fully saturated rings. The fourth-order valence-corrected chi connectivity index (χ4v) is 1.72. The molecule has 0 spiro atoms. The average Bonchev–Trinajstić information content (AvgIpc) is 2.54. The van der Waals surface area contributed by atoms with Gasteiger partial charge in [-0.25, -0.2) is 4.99 Å².